The van der Waals surface area contributed by atoms with Crippen LogP contribution < -0.4 is 0 Å². The second kappa shape index (κ2) is 3.20. The van der Waals surface area contributed by atoms with Gasteiger partial charge in [0, 0.05) is 13.3 Å². The Morgan fingerprint density at radius 3 is 2.08 bits per heavy atom. The summed E-state index contributed by atoms with van der Waals surface area (Å²) in [6.45, 7) is 4.93. The third kappa shape index (κ3) is 1.71. The highest BCUT2D eigenvalue weighted by Gasteiger charge is 2.40. The van der Waals surface area contributed by atoms with Gasteiger partial charge in [-0.05, 0) is 6.92 Å². The Labute approximate surface area is 76.5 Å². The maximum atomic E-state index is 11.2. The smallest absolute Gasteiger partial charge is 0.348 e. The standard InChI is InChI=1S/C9H12O4/c1-4-6-7(10)12-9(3,5-2)13-8(6)11/h4H,5H2,1-3H3. The van der Waals surface area contributed by atoms with E-state index in [1.807, 2.05) is 0 Å². The molecule has 1 rings (SSSR count). The second-order valence-electron chi connectivity index (χ2n) is 2.97. The summed E-state index contributed by atoms with van der Waals surface area (Å²) < 4.78 is 9.89. The summed E-state index contributed by atoms with van der Waals surface area (Å²) >= 11 is 0. The molecule has 0 atom stereocenters. The third-order valence-corrected chi connectivity index (χ3v) is 1.99. The van der Waals surface area contributed by atoms with Crippen LogP contribution in [0.1, 0.15) is 27.2 Å². The average Bonchev–Trinajstić information content (AvgIpc) is 2.03. The zero-order valence-corrected chi connectivity index (χ0v) is 7.92. The summed E-state index contributed by atoms with van der Waals surface area (Å²) in [6.07, 6.45) is 1.83. The van der Waals surface area contributed by atoms with E-state index in [2.05, 4.69) is 0 Å². The van der Waals surface area contributed by atoms with Gasteiger partial charge in [-0.25, -0.2) is 9.59 Å². The molecule has 1 heterocycles. The molecule has 0 amide bonds. The minimum Gasteiger partial charge on any atom is -0.419 e. The van der Waals surface area contributed by atoms with E-state index in [0.29, 0.717) is 6.42 Å². The maximum absolute atomic E-state index is 11.2. The Kier molecular flexibility index (Phi) is 2.40. The van der Waals surface area contributed by atoms with Crippen molar-refractivity contribution >= 4 is 11.9 Å². The van der Waals surface area contributed by atoms with E-state index in [1.54, 1.807) is 20.8 Å². The summed E-state index contributed by atoms with van der Waals surface area (Å²) in [6, 6.07) is 0. The highest BCUT2D eigenvalue weighted by atomic mass is 16.7. The molecule has 13 heavy (non-hydrogen) atoms. The molecule has 0 bridgehead atoms. The van der Waals surface area contributed by atoms with Crippen molar-refractivity contribution in [2.45, 2.75) is 33.0 Å². The summed E-state index contributed by atoms with van der Waals surface area (Å²) in [4.78, 5) is 22.4. The minimum atomic E-state index is -1.10. The molecule has 1 saturated heterocycles. The van der Waals surface area contributed by atoms with Gasteiger partial charge in [0.05, 0.1) is 0 Å². The van der Waals surface area contributed by atoms with Gasteiger partial charge in [0.25, 0.3) is 5.79 Å². The first-order chi connectivity index (χ1) is 6.02. The van der Waals surface area contributed by atoms with Crippen LogP contribution in [0.3, 0.4) is 0 Å². The molecule has 72 valence electrons. The number of cyclic esters (lactones) is 2. The van der Waals surface area contributed by atoms with Crippen molar-refractivity contribution in [1.29, 1.82) is 0 Å². The molecule has 0 aliphatic carbocycles. The van der Waals surface area contributed by atoms with Gasteiger partial charge in [-0.3, -0.25) is 0 Å². The van der Waals surface area contributed by atoms with Crippen LogP contribution in [0.15, 0.2) is 11.6 Å². The van der Waals surface area contributed by atoms with Gasteiger partial charge in [-0.2, -0.15) is 0 Å². The molecule has 4 heteroatoms. The highest BCUT2D eigenvalue weighted by Crippen LogP contribution is 2.25. The molecule has 0 unspecified atom stereocenters. The van der Waals surface area contributed by atoms with Gasteiger partial charge in [0.2, 0.25) is 0 Å². The zero-order valence-electron chi connectivity index (χ0n) is 7.92. The molecule has 0 aromatic rings. The predicted molar refractivity (Wildman–Crippen MR) is 44.6 cm³/mol. The van der Waals surface area contributed by atoms with Crippen molar-refractivity contribution in [2.75, 3.05) is 0 Å². The van der Waals surface area contributed by atoms with Gasteiger partial charge in [-0.15, -0.1) is 0 Å². The van der Waals surface area contributed by atoms with E-state index in [0.717, 1.165) is 0 Å². The lowest BCUT2D eigenvalue weighted by Crippen LogP contribution is -2.43. The second-order valence-corrected chi connectivity index (χ2v) is 2.97. The lowest BCUT2D eigenvalue weighted by atomic mass is 10.2. The lowest BCUT2D eigenvalue weighted by Gasteiger charge is -2.32. The van der Waals surface area contributed by atoms with Crippen molar-refractivity contribution in [3.05, 3.63) is 11.6 Å². The molecular weight excluding hydrogens is 172 g/mol. The quantitative estimate of drug-likeness (QED) is 0.348. The first-order valence-electron chi connectivity index (χ1n) is 4.15. The molecule has 1 aliphatic rings. The van der Waals surface area contributed by atoms with Crippen LogP contribution in [0.4, 0.5) is 0 Å². The summed E-state index contributed by atoms with van der Waals surface area (Å²) in [5, 5.41) is 0. The third-order valence-electron chi connectivity index (χ3n) is 1.99. The minimum absolute atomic E-state index is 0.0362. The predicted octanol–water partition coefficient (Wildman–Crippen LogP) is 1.16. The highest BCUT2D eigenvalue weighted by molar-refractivity contribution is 6.15. The van der Waals surface area contributed by atoms with Gasteiger partial charge in [0.1, 0.15) is 5.57 Å². The molecule has 0 saturated carbocycles. The number of ether oxygens (including phenoxy) is 2. The van der Waals surface area contributed by atoms with E-state index >= 15 is 0 Å². The van der Waals surface area contributed by atoms with E-state index in [-0.39, 0.29) is 5.57 Å². The monoisotopic (exact) mass is 184 g/mol. The first kappa shape index (κ1) is 9.77. The van der Waals surface area contributed by atoms with Crippen LogP contribution >= 0.6 is 0 Å². The Morgan fingerprint density at radius 2 is 1.77 bits per heavy atom. The SMILES string of the molecule is CC=C1C(=O)OC(C)(CC)OC1=O. The van der Waals surface area contributed by atoms with Crippen LogP contribution in [-0.2, 0) is 19.1 Å². The molecule has 0 aromatic carbocycles. The molecule has 0 radical (unpaired) electrons. The number of carbonyl (C=O) groups excluding carboxylic acids is 2. The van der Waals surface area contributed by atoms with Crippen molar-refractivity contribution in [1.82, 2.24) is 0 Å². The Balaban J connectivity index is 2.91. The number of esters is 2. The van der Waals surface area contributed by atoms with Crippen LogP contribution in [0.25, 0.3) is 0 Å². The van der Waals surface area contributed by atoms with Crippen LogP contribution in [0.5, 0.6) is 0 Å². The number of rotatable bonds is 1. The van der Waals surface area contributed by atoms with Crippen molar-refractivity contribution in [3.8, 4) is 0 Å². The Bertz CT molecular complexity index is 257. The van der Waals surface area contributed by atoms with Crippen LogP contribution in [-0.4, -0.2) is 17.7 Å². The molecule has 1 fully saturated rings. The van der Waals surface area contributed by atoms with Gasteiger partial charge < -0.3 is 9.47 Å². The normalized spacial score (nSPS) is 28.1. The van der Waals surface area contributed by atoms with E-state index < -0.39 is 17.7 Å². The maximum Gasteiger partial charge on any atom is 0.348 e. The lowest BCUT2D eigenvalue weighted by molar-refractivity contribution is -0.229. The molecule has 0 spiro atoms. The summed E-state index contributed by atoms with van der Waals surface area (Å²) in [7, 11) is 0. The molecular formula is C9H12O4. The van der Waals surface area contributed by atoms with E-state index in [9.17, 15) is 9.59 Å². The number of carbonyl (C=O) groups is 2. The summed E-state index contributed by atoms with van der Waals surface area (Å²) in [5.74, 6) is -2.31. The number of allylic oxidation sites excluding steroid dienone is 1. The Morgan fingerprint density at radius 1 is 1.31 bits per heavy atom. The van der Waals surface area contributed by atoms with Crippen LogP contribution in [0.2, 0.25) is 0 Å². The fourth-order valence-electron chi connectivity index (χ4n) is 0.986. The van der Waals surface area contributed by atoms with Gasteiger partial charge >= 0.3 is 11.9 Å². The van der Waals surface area contributed by atoms with Crippen LogP contribution in [0, 0.1) is 0 Å². The van der Waals surface area contributed by atoms with Crippen molar-refractivity contribution < 1.29 is 19.1 Å². The van der Waals surface area contributed by atoms with E-state index in [1.165, 1.54) is 6.08 Å². The van der Waals surface area contributed by atoms with Gasteiger partial charge in [-0.1, -0.05) is 13.0 Å². The summed E-state index contributed by atoms with van der Waals surface area (Å²) in [5.41, 5.74) is -0.0362. The van der Waals surface area contributed by atoms with Crippen molar-refractivity contribution in [3.63, 3.8) is 0 Å². The fourth-order valence-corrected chi connectivity index (χ4v) is 0.986. The zero-order chi connectivity index (χ0) is 10.1. The van der Waals surface area contributed by atoms with Gasteiger partial charge in [0.15, 0.2) is 0 Å². The molecule has 0 N–H and O–H groups in total. The average molecular weight is 184 g/mol. The molecule has 0 aromatic heterocycles. The molecule has 1 aliphatic heterocycles. The van der Waals surface area contributed by atoms with Crippen molar-refractivity contribution in [2.24, 2.45) is 0 Å². The molecule has 4 nitrogen and oxygen atoms in total. The first-order valence-corrected chi connectivity index (χ1v) is 4.15. The Hall–Kier alpha value is -1.32. The number of hydrogen-bond donors (Lipinski definition) is 0. The van der Waals surface area contributed by atoms with E-state index in [4.69, 9.17) is 9.47 Å². The topological polar surface area (TPSA) is 52.6 Å². The fraction of sp³-hybridized carbons (Fsp3) is 0.556. The number of hydrogen-bond acceptors (Lipinski definition) is 4. The largest absolute Gasteiger partial charge is 0.419 e.